The molecule has 0 radical (unpaired) electrons. The summed E-state index contributed by atoms with van der Waals surface area (Å²) in [5.74, 6) is 1.33. The fourth-order valence-corrected chi connectivity index (χ4v) is 2.37. The van der Waals surface area contributed by atoms with E-state index < -0.39 is 0 Å². The lowest BCUT2D eigenvalue weighted by molar-refractivity contribution is 0.0204. The van der Waals surface area contributed by atoms with Crippen molar-refractivity contribution in [3.8, 4) is 0 Å². The van der Waals surface area contributed by atoms with Crippen molar-refractivity contribution < 1.29 is 9.84 Å². The molecule has 0 aliphatic carbocycles. The van der Waals surface area contributed by atoms with Crippen LogP contribution in [-0.4, -0.2) is 31.0 Å². The lowest BCUT2D eigenvalue weighted by Crippen LogP contribution is -2.34. The summed E-state index contributed by atoms with van der Waals surface area (Å²) in [4.78, 5) is 0. The number of ether oxygens (including phenoxy) is 1. The maximum absolute atomic E-state index is 10.1. The third-order valence-electron chi connectivity index (χ3n) is 3.54. The molecule has 0 bridgehead atoms. The molecule has 0 aromatic heterocycles. The summed E-state index contributed by atoms with van der Waals surface area (Å²) in [6, 6.07) is 0. The van der Waals surface area contributed by atoms with Gasteiger partial charge in [-0.3, -0.25) is 0 Å². The molecular weight excluding hydrogens is 190 g/mol. The molecule has 1 aliphatic rings. The Morgan fingerprint density at radius 3 is 2.40 bits per heavy atom. The number of hydrogen-bond donors (Lipinski definition) is 2. The van der Waals surface area contributed by atoms with Gasteiger partial charge >= 0.3 is 0 Å². The smallest absolute Gasteiger partial charge is 0.0585 e. The summed E-state index contributed by atoms with van der Waals surface area (Å²) in [5, 5.41) is 10.1. The molecule has 1 saturated heterocycles. The molecule has 0 saturated carbocycles. The summed E-state index contributed by atoms with van der Waals surface area (Å²) < 4.78 is 5.31. The van der Waals surface area contributed by atoms with E-state index in [0.717, 1.165) is 32.5 Å². The highest BCUT2D eigenvalue weighted by Gasteiger charge is 2.25. The fourth-order valence-electron chi connectivity index (χ4n) is 2.37. The minimum atomic E-state index is -0.238. The molecule has 1 aliphatic heterocycles. The first kappa shape index (κ1) is 12.9. The van der Waals surface area contributed by atoms with E-state index in [1.807, 2.05) is 0 Å². The lowest BCUT2D eigenvalue weighted by atomic mass is 9.83. The van der Waals surface area contributed by atoms with Gasteiger partial charge in [0, 0.05) is 13.2 Å². The van der Waals surface area contributed by atoms with Gasteiger partial charge in [0.05, 0.1) is 6.10 Å². The summed E-state index contributed by atoms with van der Waals surface area (Å²) in [5.41, 5.74) is 5.70. The first-order chi connectivity index (χ1) is 7.15. The van der Waals surface area contributed by atoms with E-state index >= 15 is 0 Å². The highest BCUT2D eigenvalue weighted by molar-refractivity contribution is 4.76. The zero-order valence-electron chi connectivity index (χ0n) is 9.98. The number of rotatable bonds is 5. The topological polar surface area (TPSA) is 55.5 Å². The molecule has 3 N–H and O–H groups in total. The van der Waals surface area contributed by atoms with Crippen molar-refractivity contribution in [2.24, 2.45) is 23.5 Å². The number of hydrogen-bond acceptors (Lipinski definition) is 3. The Morgan fingerprint density at radius 2 is 1.93 bits per heavy atom. The summed E-state index contributed by atoms with van der Waals surface area (Å²) >= 11 is 0. The summed E-state index contributed by atoms with van der Waals surface area (Å²) in [6.07, 6.45) is 2.83. The molecule has 0 amide bonds. The van der Waals surface area contributed by atoms with Gasteiger partial charge in [0.1, 0.15) is 0 Å². The zero-order valence-corrected chi connectivity index (χ0v) is 9.98. The maximum Gasteiger partial charge on any atom is 0.0585 e. The standard InChI is InChI=1S/C12H25NO2/c1-9(2)11(8-13)12(14)7-10-3-5-15-6-4-10/h9-12,14H,3-8,13H2,1-2H3. The Bertz CT molecular complexity index is 167. The van der Waals surface area contributed by atoms with E-state index in [9.17, 15) is 5.11 Å². The quantitative estimate of drug-likeness (QED) is 0.729. The second kappa shape index (κ2) is 6.46. The van der Waals surface area contributed by atoms with Crippen LogP contribution in [0.15, 0.2) is 0 Å². The van der Waals surface area contributed by atoms with E-state index in [1.165, 1.54) is 0 Å². The van der Waals surface area contributed by atoms with Gasteiger partial charge in [0.2, 0.25) is 0 Å². The van der Waals surface area contributed by atoms with Gasteiger partial charge in [-0.05, 0) is 43.6 Å². The van der Waals surface area contributed by atoms with Gasteiger partial charge in [-0.1, -0.05) is 13.8 Å². The van der Waals surface area contributed by atoms with Gasteiger partial charge in [-0.15, -0.1) is 0 Å². The summed E-state index contributed by atoms with van der Waals surface area (Å²) in [7, 11) is 0. The van der Waals surface area contributed by atoms with Crippen molar-refractivity contribution in [3.05, 3.63) is 0 Å². The lowest BCUT2D eigenvalue weighted by Gasteiger charge is -2.30. The van der Waals surface area contributed by atoms with Crippen LogP contribution in [0.2, 0.25) is 0 Å². The van der Waals surface area contributed by atoms with Gasteiger partial charge < -0.3 is 15.6 Å². The fraction of sp³-hybridized carbons (Fsp3) is 1.00. The molecular formula is C12H25NO2. The second-order valence-electron chi connectivity index (χ2n) is 5.00. The van der Waals surface area contributed by atoms with Gasteiger partial charge in [-0.25, -0.2) is 0 Å². The molecule has 0 aromatic rings. The predicted octanol–water partition coefficient (Wildman–Crippen LogP) is 1.39. The van der Waals surface area contributed by atoms with Crippen LogP contribution in [0.1, 0.15) is 33.1 Å². The third kappa shape index (κ3) is 4.09. The van der Waals surface area contributed by atoms with E-state index in [0.29, 0.717) is 18.4 Å². The van der Waals surface area contributed by atoms with E-state index in [1.54, 1.807) is 0 Å². The Labute approximate surface area is 93.0 Å². The maximum atomic E-state index is 10.1. The highest BCUT2D eigenvalue weighted by Crippen LogP contribution is 2.25. The first-order valence-electron chi connectivity index (χ1n) is 6.11. The first-order valence-corrected chi connectivity index (χ1v) is 6.11. The molecule has 2 atom stereocenters. The largest absolute Gasteiger partial charge is 0.393 e. The van der Waals surface area contributed by atoms with Crippen LogP contribution in [-0.2, 0) is 4.74 Å². The average molecular weight is 215 g/mol. The monoisotopic (exact) mass is 215 g/mol. The van der Waals surface area contributed by atoms with Gasteiger partial charge in [0.25, 0.3) is 0 Å². The van der Waals surface area contributed by atoms with Crippen LogP contribution in [0.4, 0.5) is 0 Å². The van der Waals surface area contributed by atoms with Crippen LogP contribution in [0.3, 0.4) is 0 Å². The van der Waals surface area contributed by atoms with Crippen molar-refractivity contribution in [2.45, 2.75) is 39.2 Å². The highest BCUT2D eigenvalue weighted by atomic mass is 16.5. The van der Waals surface area contributed by atoms with Gasteiger partial charge in [-0.2, -0.15) is 0 Å². The van der Waals surface area contributed by atoms with Crippen molar-refractivity contribution >= 4 is 0 Å². The van der Waals surface area contributed by atoms with Crippen molar-refractivity contribution in [3.63, 3.8) is 0 Å². The van der Waals surface area contributed by atoms with Crippen molar-refractivity contribution in [1.82, 2.24) is 0 Å². The summed E-state index contributed by atoms with van der Waals surface area (Å²) in [6.45, 7) is 6.55. The van der Waals surface area contributed by atoms with Crippen LogP contribution >= 0.6 is 0 Å². The Balaban J connectivity index is 2.34. The van der Waals surface area contributed by atoms with E-state index in [2.05, 4.69) is 13.8 Å². The van der Waals surface area contributed by atoms with Crippen LogP contribution in [0.5, 0.6) is 0 Å². The Morgan fingerprint density at radius 1 is 1.33 bits per heavy atom. The zero-order chi connectivity index (χ0) is 11.3. The molecule has 1 fully saturated rings. The minimum absolute atomic E-state index is 0.238. The van der Waals surface area contributed by atoms with Crippen LogP contribution in [0.25, 0.3) is 0 Å². The average Bonchev–Trinajstić information content (AvgIpc) is 2.19. The van der Waals surface area contributed by atoms with E-state index in [-0.39, 0.29) is 12.0 Å². The third-order valence-corrected chi connectivity index (χ3v) is 3.54. The van der Waals surface area contributed by atoms with E-state index in [4.69, 9.17) is 10.5 Å². The minimum Gasteiger partial charge on any atom is -0.393 e. The number of aliphatic hydroxyl groups excluding tert-OH is 1. The molecule has 0 spiro atoms. The number of aliphatic hydroxyl groups is 1. The number of nitrogens with two attached hydrogens (primary N) is 1. The molecule has 3 nitrogen and oxygen atoms in total. The molecule has 2 unspecified atom stereocenters. The van der Waals surface area contributed by atoms with Crippen LogP contribution in [0, 0.1) is 17.8 Å². The predicted molar refractivity (Wildman–Crippen MR) is 61.5 cm³/mol. The Hall–Kier alpha value is -0.120. The SMILES string of the molecule is CC(C)C(CN)C(O)CC1CCOCC1. The second-order valence-corrected chi connectivity index (χ2v) is 5.00. The molecule has 90 valence electrons. The molecule has 1 heterocycles. The molecule has 15 heavy (non-hydrogen) atoms. The normalized spacial score (nSPS) is 23.0. The van der Waals surface area contributed by atoms with Gasteiger partial charge in [0.15, 0.2) is 0 Å². The Kier molecular flexibility index (Phi) is 5.58. The van der Waals surface area contributed by atoms with Crippen LogP contribution < -0.4 is 5.73 Å². The van der Waals surface area contributed by atoms with Crippen molar-refractivity contribution in [2.75, 3.05) is 19.8 Å². The molecule has 1 rings (SSSR count). The molecule has 0 aromatic carbocycles. The molecule has 3 heteroatoms. The van der Waals surface area contributed by atoms with Crippen molar-refractivity contribution in [1.29, 1.82) is 0 Å².